The minimum atomic E-state index is 1.31. The van der Waals surface area contributed by atoms with Crippen molar-refractivity contribution in [3.05, 3.63) is 96.1 Å². The number of rotatable bonds is 0. The molecule has 0 atom stereocenters. The van der Waals surface area contributed by atoms with Gasteiger partial charge in [-0.1, -0.05) is 100 Å². The van der Waals surface area contributed by atoms with Gasteiger partial charge in [-0.05, 0) is 58.7 Å². The molecule has 0 aliphatic rings. The fraction of sp³-hybridized carbons (Fsp3) is 0.231. The lowest BCUT2D eigenvalue weighted by Crippen LogP contribution is -1.74. The quantitative estimate of drug-likeness (QED) is 0.281. The third-order valence-corrected chi connectivity index (χ3v) is 4.04. The van der Waals surface area contributed by atoms with Crippen molar-refractivity contribution in [1.82, 2.24) is 0 Å². The molecule has 0 N–H and O–H groups in total. The van der Waals surface area contributed by atoms with Crippen molar-refractivity contribution in [2.45, 2.75) is 41.5 Å². The minimum absolute atomic E-state index is 1.31. The second kappa shape index (κ2) is 11.9. The average molecular weight is 345 g/mol. The van der Waals surface area contributed by atoms with Crippen LogP contribution in [-0.2, 0) is 0 Å². The molecule has 0 fully saturated rings. The highest BCUT2D eigenvalue weighted by Crippen LogP contribution is 2.22. The summed E-state index contributed by atoms with van der Waals surface area (Å²) in [5, 5.41) is 5.25. The molecule has 0 amide bonds. The normalized spacial score (nSPS) is 9.15. The first-order chi connectivity index (χ1) is 12.7. The zero-order chi connectivity index (χ0) is 19.4. The third-order valence-electron chi connectivity index (χ3n) is 4.04. The van der Waals surface area contributed by atoms with E-state index >= 15 is 0 Å². The minimum Gasteiger partial charge on any atom is -0.0683 e. The van der Waals surface area contributed by atoms with Crippen molar-refractivity contribution in [3.8, 4) is 0 Å². The van der Waals surface area contributed by atoms with E-state index in [1.807, 2.05) is 27.7 Å². The predicted molar refractivity (Wildman–Crippen MR) is 120 cm³/mol. The lowest BCUT2D eigenvalue weighted by Gasteiger charge is -2.00. The van der Waals surface area contributed by atoms with Gasteiger partial charge in [0.15, 0.2) is 0 Å². The summed E-state index contributed by atoms with van der Waals surface area (Å²) in [6, 6.07) is 29.8. The first kappa shape index (κ1) is 21.4. The number of aryl methyl sites for hydroxylation is 2. The van der Waals surface area contributed by atoms with Crippen LogP contribution in [0.3, 0.4) is 0 Å². The summed E-state index contributed by atoms with van der Waals surface area (Å²) in [6.45, 7) is 12.2. The molecule has 136 valence electrons. The van der Waals surface area contributed by atoms with Crippen LogP contribution < -0.4 is 0 Å². The third kappa shape index (κ3) is 6.04. The van der Waals surface area contributed by atoms with Gasteiger partial charge in [0, 0.05) is 0 Å². The molecule has 0 unspecified atom stereocenters. The molecule has 26 heavy (non-hydrogen) atoms. The van der Waals surface area contributed by atoms with Crippen LogP contribution in [0, 0.1) is 13.8 Å². The molecule has 4 rings (SSSR count). The van der Waals surface area contributed by atoms with Gasteiger partial charge in [0.05, 0.1) is 0 Å². The highest BCUT2D eigenvalue weighted by molar-refractivity contribution is 5.98. The van der Waals surface area contributed by atoms with Gasteiger partial charge < -0.3 is 0 Å². The Bertz CT molecular complexity index is 777. The summed E-state index contributed by atoms with van der Waals surface area (Å²) >= 11 is 0. The van der Waals surface area contributed by atoms with E-state index < -0.39 is 0 Å². The highest BCUT2D eigenvalue weighted by atomic mass is 14.0. The van der Waals surface area contributed by atoms with Crippen molar-refractivity contribution >= 4 is 21.5 Å². The molecule has 0 aromatic heterocycles. The largest absolute Gasteiger partial charge is 0.0683 e. The molecule has 0 saturated carbocycles. The van der Waals surface area contributed by atoms with E-state index in [1.165, 1.54) is 32.7 Å². The second-order valence-electron chi connectivity index (χ2n) is 5.63. The van der Waals surface area contributed by atoms with Crippen molar-refractivity contribution < 1.29 is 0 Å². The number of fused-ring (bicyclic) bond motifs is 2. The highest BCUT2D eigenvalue weighted by Gasteiger charge is 1.95. The van der Waals surface area contributed by atoms with E-state index in [4.69, 9.17) is 0 Å². The van der Waals surface area contributed by atoms with E-state index in [0.29, 0.717) is 0 Å². The van der Waals surface area contributed by atoms with E-state index in [-0.39, 0.29) is 0 Å². The summed E-state index contributed by atoms with van der Waals surface area (Å²) in [7, 11) is 0. The molecule has 0 saturated heterocycles. The van der Waals surface area contributed by atoms with Gasteiger partial charge in [-0.25, -0.2) is 0 Å². The fourth-order valence-electron chi connectivity index (χ4n) is 2.55. The molecule has 0 heteroatoms. The lowest BCUT2D eigenvalue weighted by molar-refractivity contribution is 1.34. The van der Waals surface area contributed by atoms with Gasteiger partial charge in [-0.15, -0.1) is 0 Å². The van der Waals surface area contributed by atoms with Gasteiger partial charge in [0.2, 0.25) is 0 Å². The maximum atomic E-state index is 2.24. The Kier molecular flexibility index (Phi) is 9.79. The lowest BCUT2D eigenvalue weighted by atomic mass is 10.0. The molecule has 0 aliphatic heterocycles. The monoisotopic (exact) mass is 344 g/mol. The van der Waals surface area contributed by atoms with Crippen LogP contribution in [0.2, 0.25) is 0 Å². The van der Waals surface area contributed by atoms with Crippen molar-refractivity contribution in [3.63, 3.8) is 0 Å². The molecule has 0 spiro atoms. The van der Waals surface area contributed by atoms with E-state index in [9.17, 15) is 0 Å². The summed E-state index contributed by atoms with van der Waals surface area (Å²) < 4.78 is 0. The SMILES string of the molecule is CC.CC.Cc1ccccc1C.c1ccc2cc3ccccc3cc2c1. The van der Waals surface area contributed by atoms with Crippen LogP contribution in [0.5, 0.6) is 0 Å². The van der Waals surface area contributed by atoms with Crippen molar-refractivity contribution in [1.29, 1.82) is 0 Å². The van der Waals surface area contributed by atoms with Crippen LogP contribution in [0.15, 0.2) is 84.9 Å². The van der Waals surface area contributed by atoms with Gasteiger partial charge in [-0.2, -0.15) is 0 Å². The second-order valence-corrected chi connectivity index (χ2v) is 5.63. The van der Waals surface area contributed by atoms with Crippen LogP contribution in [-0.4, -0.2) is 0 Å². The van der Waals surface area contributed by atoms with Gasteiger partial charge in [0.1, 0.15) is 0 Å². The standard InChI is InChI=1S/C14H10.C8H10.2C2H6/c1-2-6-12-10-14-8-4-3-7-13(14)9-11(12)5-1;1-7-5-3-4-6-8(7)2;2*1-2/h1-10H;3-6H,1-2H3;2*1-2H3. The topological polar surface area (TPSA) is 0 Å². The smallest absolute Gasteiger partial charge is 0.0178 e. The maximum Gasteiger partial charge on any atom is -0.0178 e. The summed E-state index contributed by atoms with van der Waals surface area (Å²) in [4.78, 5) is 0. The number of benzene rings is 4. The van der Waals surface area contributed by atoms with Gasteiger partial charge >= 0.3 is 0 Å². The van der Waals surface area contributed by atoms with Crippen LogP contribution in [0.4, 0.5) is 0 Å². The molecular weight excluding hydrogens is 312 g/mol. The Hall–Kier alpha value is -2.60. The van der Waals surface area contributed by atoms with E-state index in [2.05, 4.69) is 98.8 Å². The molecule has 0 nitrogen and oxygen atoms in total. The zero-order valence-electron chi connectivity index (χ0n) is 17.1. The van der Waals surface area contributed by atoms with Crippen molar-refractivity contribution in [2.75, 3.05) is 0 Å². The maximum absolute atomic E-state index is 2.24. The average Bonchev–Trinajstić information content (AvgIpc) is 2.72. The fourth-order valence-corrected chi connectivity index (χ4v) is 2.55. The van der Waals surface area contributed by atoms with Crippen LogP contribution >= 0.6 is 0 Å². The first-order valence-electron chi connectivity index (χ1n) is 9.64. The Morgan fingerprint density at radius 3 is 0.846 bits per heavy atom. The van der Waals surface area contributed by atoms with Crippen molar-refractivity contribution in [2.24, 2.45) is 0 Å². The van der Waals surface area contributed by atoms with E-state index in [1.54, 1.807) is 0 Å². The van der Waals surface area contributed by atoms with Crippen LogP contribution in [0.1, 0.15) is 38.8 Å². The Balaban J connectivity index is 0.000000242. The molecule has 0 bridgehead atoms. The van der Waals surface area contributed by atoms with E-state index in [0.717, 1.165) is 0 Å². The Labute approximate surface area is 159 Å². The molecular formula is C26H32. The Morgan fingerprint density at radius 2 is 0.615 bits per heavy atom. The molecule has 0 heterocycles. The molecule has 0 aliphatic carbocycles. The van der Waals surface area contributed by atoms with Gasteiger partial charge in [0.25, 0.3) is 0 Å². The molecule has 4 aromatic rings. The molecule has 4 aromatic carbocycles. The zero-order valence-corrected chi connectivity index (χ0v) is 17.1. The first-order valence-corrected chi connectivity index (χ1v) is 9.64. The number of hydrogen-bond donors (Lipinski definition) is 0. The molecule has 0 radical (unpaired) electrons. The Morgan fingerprint density at radius 1 is 0.385 bits per heavy atom. The predicted octanol–water partition coefficient (Wildman–Crippen LogP) is 8.35. The van der Waals surface area contributed by atoms with Crippen LogP contribution in [0.25, 0.3) is 21.5 Å². The van der Waals surface area contributed by atoms with Gasteiger partial charge in [-0.3, -0.25) is 0 Å². The summed E-state index contributed by atoms with van der Waals surface area (Å²) in [5.74, 6) is 0. The summed E-state index contributed by atoms with van der Waals surface area (Å²) in [6.07, 6.45) is 0. The number of hydrogen-bond acceptors (Lipinski definition) is 0. The summed E-state index contributed by atoms with van der Waals surface area (Å²) in [5.41, 5.74) is 2.74.